The maximum Gasteiger partial charge on any atom is 0.396 e. The normalized spacial score (nSPS) is 11.6. The fourth-order valence-corrected chi connectivity index (χ4v) is 2.37. The van der Waals surface area contributed by atoms with Gasteiger partial charge in [0.15, 0.2) is 0 Å². The van der Waals surface area contributed by atoms with Crippen molar-refractivity contribution in [2.75, 3.05) is 13.2 Å². The van der Waals surface area contributed by atoms with E-state index in [1.807, 2.05) is 13.3 Å². The fraction of sp³-hybridized carbons (Fsp3) is 0.778. The Hall–Kier alpha value is -0.180. The molecule has 0 fully saturated rings. The minimum absolute atomic E-state index is 0.216. The summed E-state index contributed by atoms with van der Waals surface area (Å²) < 4.78 is 21.6. The molecule has 0 aliphatic carbocycles. The van der Waals surface area contributed by atoms with Crippen LogP contribution in [-0.2, 0) is 18.4 Å². The lowest BCUT2D eigenvalue weighted by atomic mass is 10.3. The number of hydrogen-bond donors (Lipinski definition) is 0. The van der Waals surface area contributed by atoms with Gasteiger partial charge < -0.3 is 9.05 Å². The second-order valence-electron chi connectivity index (χ2n) is 2.67. The minimum atomic E-state index is -3.50. The van der Waals surface area contributed by atoms with Gasteiger partial charge in [-0.2, -0.15) is 0 Å². The summed E-state index contributed by atoms with van der Waals surface area (Å²) in [7, 11) is -3.50. The van der Waals surface area contributed by atoms with Gasteiger partial charge in [0.25, 0.3) is 0 Å². The van der Waals surface area contributed by atoms with Crippen molar-refractivity contribution in [3.8, 4) is 0 Å². The zero-order chi connectivity index (χ0) is 11.0. The molecule has 0 aromatic heterocycles. The molecule has 0 aliphatic heterocycles. The largest absolute Gasteiger partial charge is 0.396 e. The Balaban J connectivity index is 4.31. The van der Waals surface area contributed by atoms with Gasteiger partial charge >= 0.3 is 7.60 Å². The average Bonchev–Trinajstić information content (AvgIpc) is 2.15. The molecule has 0 saturated heterocycles. The number of rotatable bonds is 8. The molecule has 0 heterocycles. The van der Waals surface area contributed by atoms with Crippen LogP contribution >= 0.6 is 7.60 Å². The molecule has 0 spiro atoms. The zero-order valence-electron chi connectivity index (χ0n) is 8.99. The van der Waals surface area contributed by atoms with Crippen LogP contribution in [0.5, 0.6) is 0 Å². The van der Waals surface area contributed by atoms with Gasteiger partial charge in [-0.15, -0.1) is 0 Å². The molecule has 5 heteroatoms. The summed E-state index contributed by atoms with van der Waals surface area (Å²) in [5, 5.41) is 0. The molecule has 0 aliphatic rings. The van der Waals surface area contributed by atoms with E-state index in [0.717, 1.165) is 0 Å². The number of carbonyl (C=O) groups excluding carboxylic acids is 1. The molecule has 0 aromatic carbocycles. The molecular weight excluding hydrogens is 203 g/mol. The predicted molar refractivity (Wildman–Crippen MR) is 55.1 cm³/mol. The standard InChI is InChI=1S/C9H18O4P/c1-4-7-8-9(10)14(11,12-5-2)13-6-3/h4H,5-8H2,1-3H3. The van der Waals surface area contributed by atoms with E-state index in [1.54, 1.807) is 13.8 Å². The van der Waals surface area contributed by atoms with Gasteiger partial charge in [0.05, 0.1) is 13.2 Å². The lowest BCUT2D eigenvalue weighted by Crippen LogP contribution is -2.06. The molecule has 4 nitrogen and oxygen atoms in total. The molecule has 14 heavy (non-hydrogen) atoms. The van der Waals surface area contributed by atoms with Crippen molar-refractivity contribution in [3.05, 3.63) is 6.42 Å². The van der Waals surface area contributed by atoms with Crippen molar-refractivity contribution < 1.29 is 18.4 Å². The van der Waals surface area contributed by atoms with E-state index in [-0.39, 0.29) is 19.6 Å². The van der Waals surface area contributed by atoms with E-state index in [0.29, 0.717) is 6.42 Å². The molecule has 0 unspecified atom stereocenters. The summed E-state index contributed by atoms with van der Waals surface area (Å²) in [6, 6.07) is 0. The van der Waals surface area contributed by atoms with Crippen LogP contribution in [0.1, 0.15) is 33.6 Å². The summed E-state index contributed by atoms with van der Waals surface area (Å²) in [5.74, 6) is 0. The van der Waals surface area contributed by atoms with E-state index in [1.165, 1.54) is 0 Å². The third-order valence-electron chi connectivity index (χ3n) is 1.55. The van der Waals surface area contributed by atoms with E-state index in [4.69, 9.17) is 9.05 Å². The summed E-state index contributed by atoms with van der Waals surface area (Å²) in [6.07, 6.45) is 2.66. The minimum Gasteiger partial charge on any atom is -0.303 e. The molecule has 83 valence electrons. The molecule has 0 saturated carbocycles. The van der Waals surface area contributed by atoms with E-state index in [9.17, 15) is 9.36 Å². The molecule has 0 amide bonds. The molecule has 1 radical (unpaired) electrons. The maximum absolute atomic E-state index is 11.8. The van der Waals surface area contributed by atoms with Crippen LogP contribution in [0.3, 0.4) is 0 Å². The van der Waals surface area contributed by atoms with Gasteiger partial charge in [0, 0.05) is 6.42 Å². The van der Waals surface area contributed by atoms with Crippen molar-refractivity contribution in [2.24, 2.45) is 0 Å². The predicted octanol–water partition coefficient (Wildman–Crippen LogP) is 2.78. The average molecular weight is 221 g/mol. The first-order valence-electron chi connectivity index (χ1n) is 4.81. The Kier molecular flexibility index (Phi) is 7.06. The van der Waals surface area contributed by atoms with Crippen LogP contribution in [0.2, 0.25) is 0 Å². The Labute approximate surface area is 85.5 Å². The van der Waals surface area contributed by atoms with E-state index >= 15 is 0 Å². The molecule has 0 N–H and O–H groups in total. The number of carbonyl (C=O) groups is 1. The lowest BCUT2D eigenvalue weighted by Gasteiger charge is -2.14. The van der Waals surface area contributed by atoms with Gasteiger partial charge in [-0.1, -0.05) is 6.92 Å². The van der Waals surface area contributed by atoms with Gasteiger partial charge in [0.2, 0.25) is 5.52 Å². The third kappa shape index (κ3) is 4.36. The number of unbranched alkanes of at least 4 members (excludes halogenated alkanes) is 1. The highest BCUT2D eigenvalue weighted by atomic mass is 31.2. The van der Waals surface area contributed by atoms with Gasteiger partial charge in [-0.05, 0) is 26.7 Å². The van der Waals surface area contributed by atoms with Crippen molar-refractivity contribution in [1.82, 2.24) is 0 Å². The fourth-order valence-electron chi connectivity index (χ4n) is 0.926. The van der Waals surface area contributed by atoms with Crippen LogP contribution in [0.15, 0.2) is 0 Å². The SMILES string of the molecule is C[CH]CCC(=O)P(=O)(OCC)OCC. The summed E-state index contributed by atoms with van der Waals surface area (Å²) in [5.41, 5.74) is -0.431. The smallest absolute Gasteiger partial charge is 0.303 e. The van der Waals surface area contributed by atoms with Crippen molar-refractivity contribution in [1.29, 1.82) is 0 Å². The monoisotopic (exact) mass is 221 g/mol. The van der Waals surface area contributed by atoms with E-state index in [2.05, 4.69) is 0 Å². The summed E-state index contributed by atoms with van der Waals surface area (Å²) >= 11 is 0. The first kappa shape index (κ1) is 13.8. The first-order chi connectivity index (χ1) is 6.60. The van der Waals surface area contributed by atoms with Crippen molar-refractivity contribution >= 4 is 13.1 Å². The van der Waals surface area contributed by atoms with Gasteiger partial charge in [-0.25, -0.2) is 0 Å². The molecular formula is C9H18O4P. The highest BCUT2D eigenvalue weighted by Crippen LogP contribution is 2.50. The van der Waals surface area contributed by atoms with Crippen LogP contribution in [0.25, 0.3) is 0 Å². The second-order valence-corrected chi connectivity index (χ2v) is 4.68. The second kappa shape index (κ2) is 7.16. The Morgan fingerprint density at radius 3 is 2.14 bits per heavy atom. The van der Waals surface area contributed by atoms with Crippen molar-refractivity contribution in [2.45, 2.75) is 33.6 Å². The molecule has 0 atom stereocenters. The number of hydrogen-bond acceptors (Lipinski definition) is 4. The quantitative estimate of drug-likeness (QED) is 0.591. The van der Waals surface area contributed by atoms with Crippen molar-refractivity contribution in [3.63, 3.8) is 0 Å². The lowest BCUT2D eigenvalue weighted by molar-refractivity contribution is -0.114. The highest BCUT2D eigenvalue weighted by Gasteiger charge is 2.32. The topological polar surface area (TPSA) is 52.6 Å². The van der Waals surface area contributed by atoms with Gasteiger partial charge in [0.1, 0.15) is 0 Å². The molecule has 0 rings (SSSR count). The maximum atomic E-state index is 11.8. The molecule has 0 aromatic rings. The zero-order valence-corrected chi connectivity index (χ0v) is 9.88. The summed E-state index contributed by atoms with van der Waals surface area (Å²) in [6.45, 7) is 5.66. The summed E-state index contributed by atoms with van der Waals surface area (Å²) in [4.78, 5) is 11.5. The van der Waals surface area contributed by atoms with Crippen LogP contribution in [0, 0.1) is 6.42 Å². The van der Waals surface area contributed by atoms with Crippen LogP contribution < -0.4 is 0 Å². The first-order valence-corrected chi connectivity index (χ1v) is 6.35. The van der Waals surface area contributed by atoms with Gasteiger partial charge in [-0.3, -0.25) is 9.36 Å². The van der Waals surface area contributed by atoms with E-state index < -0.39 is 13.1 Å². The highest BCUT2D eigenvalue weighted by molar-refractivity contribution is 7.71. The Morgan fingerprint density at radius 2 is 1.79 bits per heavy atom. The molecule has 0 bridgehead atoms. The Morgan fingerprint density at radius 1 is 1.29 bits per heavy atom. The van der Waals surface area contributed by atoms with Crippen LogP contribution in [0.4, 0.5) is 0 Å². The third-order valence-corrected chi connectivity index (χ3v) is 3.58. The van der Waals surface area contributed by atoms with Crippen LogP contribution in [-0.4, -0.2) is 18.7 Å². The Bertz CT molecular complexity index is 205.